The second-order valence-corrected chi connectivity index (χ2v) is 6.81. The van der Waals surface area contributed by atoms with E-state index in [1.165, 1.54) is 18.7 Å². The van der Waals surface area contributed by atoms with E-state index in [1.807, 2.05) is 6.26 Å². The van der Waals surface area contributed by atoms with Gasteiger partial charge in [-0.1, -0.05) is 0 Å². The van der Waals surface area contributed by atoms with Crippen LogP contribution in [0.4, 0.5) is 0 Å². The Bertz CT molecular complexity index is 506. The minimum absolute atomic E-state index is 0.117. The highest BCUT2D eigenvalue weighted by atomic mass is 32.2. The Labute approximate surface area is 161 Å². The van der Waals surface area contributed by atoms with Crippen LogP contribution in [-0.4, -0.2) is 82.4 Å². The highest BCUT2D eigenvalue weighted by Crippen LogP contribution is 2.03. The van der Waals surface area contributed by atoms with Gasteiger partial charge in [0.05, 0.1) is 12.6 Å². The van der Waals surface area contributed by atoms with Crippen molar-refractivity contribution >= 4 is 48.1 Å². The first-order valence-electron chi connectivity index (χ1n) is 7.78. The van der Waals surface area contributed by atoms with E-state index < -0.39 is 54.5 Å². The molecule has 4 unspecified atom stereocenters. The molecule has 0 bridgehead atoms. The lowest BCUT2D eigenvalue weighted by Crippen LogP contribution is -2.58. The number of carboxylic acids is 1. The van der Waals surface area contributed by atoms with Gasteiger partial charge in [0.2, 0.25) is 17.7 Å². The maximum atomic E-state index is 12.3. The number of hydrogen-bond donors (Lipinski definition) is 7. The van der Waals surface area contributed by atoms with E-state index in [4.69, 9.17) is 10.8 Å². The van der Waals surface area contributed by atoms with Gasteiger partial charge < -0.3 is 31.9 Å². The van der Waals surface area contributed by atoms with E-state index in [0.29, 0.717) is 5.75 Å². The van der Waals surface area contributed by atoms with Crippen molar-refractivity contribution in [3.63, 3.8) is 0 Å². The fourth-order valence-corrected chi connectivity index (χ4v) is 2.45. The van der Waals surface area contributed by atoms with Crippen LogP contribution < -0.4 is 21.7 Å². The summed E-state index contributed by atoms with van der Waals surface area (Å²) in [7, 11) is 0. The number of thiol groups is 1. The van der Waals surface area contributed by atoms with Crippen LogP contribution in [0.5, 0.6) is 0 Å². The van der Waals surface area contributed by atoms with E-state index in [1.54, 1.807) is 0 Å². The fourth-order valence-electron chi connectivity index (χ4n) is 1.73. The Morgan fingerprint density at radius 2 is 1.54 bits per heavy atom. The first-order valence-corrected chi connectivity index (χ1v) is 9.80. The van der Waals surface area contributed by atoms with Crippen molar-refractivity contribution < 1.29 is 29.4 Å². The Morgan fingerprint density at radius 1 is 1.04 bits per heavy atom. The Kier molecular flexibility index (Phi) is 12.1. The van der Waals surface area contributed by atoms with Crippen LogP contribution in [0, 0.1) is 0 Å². The standard InChI is InChI=1S/C14H26N4O6S2/c1-7(15)11(20)17-9(5-19)13(22)16-8(3-4-26-2)12(21)18-10(6-25)14(23)24/h7-10,19,25H,3-6,15H2,1-2H3,(H,16,22)(H,17,20)(H,18,21)(H,23,24). The van der Waals surface area contributed by atoms with Crippen molar-refractivity contribution in [3.8, 4) is 0 Å². The molecule has 0 saturated carbocycles. The number of nitrogens with two attached hydrogens (primary N) is 1. The van der Waals surface area contributed by atoms with E-state index in [9.17, 15) is 24.3 Å². The largest absolute Gasteiger partial charge is 0.480 e. The molecule has 3 amide bonds. The summed E-state index contributed by atoms with van der Waals surface area (Å²) in [6.45, 7) is 0.732. The monoisotopic (exact) mass is 410 g/mol. The first kappa shape index (κ1) is 24.5. The summed E-state index contributed by atoms with van der Waals surface area (Å²) >= 11 is 5.30. The lowest BCUT2D eigenvalue weighted by Gasteiger charge is -2.23. The van der Waals surface area contributed by atoms with Crippen molar-refractivity contribution in [3.05, 3.63) is 0 Å². The molecule has 0 radical (unpaired) electrons. The summed E-state index contributed by atoms with van der Waals surface area (Å²) in [6, 6.07) is -4.39. The summed E-state index contributed by atoms with van der Waals surface area (Å²) in [4.78, 5) is 47.2. The van der Waals surface area contributed by atoms with Crippen LogP contribution in [-0.2, 0) is 19.2 Å². The number of aliphatic carboxylic acids is 1. The molecule has 0 saturated heterocycles. The topological polar surface area (TPSA) is 171 Å². The summed E-state index contributed by atoms with van der Waals surface area (Å²) in [6.07, 6.45) is 2.04. The van der Waals surface area contributed by atoms with E-state index >= 15 is 0 Å². The third kappa shape index (κ3) is 8.74. The number of carbonyl (C=O) groups is 4. The van der Waals surface area contributed by atoms with Gasteiger partial charge in [-0.25, -0.2) is 4.79 Å². The molecule has 7 N–H and O–H groups in total. The van der Waals surface area contributed by atoms with Crippen LogP contribution in [0.2, 0.25) is 0 Å². The molecule has 12 heteroatoms. The lowest BCUT2D eigenvalue weighted by atomic mass is 10.1. The van der Waals surface area contributed by atoms with Gasteiger partial charge in [-0.3, -0.25) is 14.4 Å². The minimum atomic E-state index is -1.28. The summed E-state index contributed by atoms with van der Waals surface area (Å²) < 4.78 is 0. The molecular weight excluding hydrogens is 384 g/mol. The molecule has 150 valence electrons. The van der Waals surface area contributed by atoms with Gasteiger partial charge in [-0.15, -0.1) is 0 Å². The first-order chi connectivity index (χ1) is 12.2. The van der Waals surface area contributed by atoms with Crippen LogP contribution in [0.1, 0.15) is 13.3 Å². The highest BCUT2D eigenvalue weighted by molar-refractivity contribution is 7.98. The van der Waals surface area contributed by atoms with Crippen molar-refractivity contribution in [2.24, 2.45) is 5.73 Å². The minimum Gasteiger partial charge on any atom is -0.480 e. The number of hydrogen-bond acceptors (Lipinski definition) is 8. The molecule has 0 fully saturated rings. The number of aliphatic hydroxyl groups is 1. The van der Waals surface area contributed by atoms with Crippen molar-refractivity contribution in [1.82, 2.24) is 16.0 Å². The molecule has 0 aliphatic rings. The van der Waals surface area contributed by atoms with Gasteiger partial charge >= 0.3 is 5.97 Å². The molecule has 0 spiro atoms. The highest BCUT2D eigenvalue weighted by Gasteiger charge is 2.29. The van der Waals surface area contributed by atoms with Crippen molar-refractivity contribution in [2.45, 2.75) is 37.5 Å². The number of aliphatic hydroxyl groups excluding tert-OH is 1. The van der Waals surface area contributed by atoms with E-state index in [-0.39, 0.29) is 12.2 Å². The summed E-state index contributed by atoms with van der Waals surface area (Å²) in [5, 5.41) is 25.3. The molecule has 0 aromatic rings. The second-order valence-electron chi connectivity index (χ2n) is 5.46. The zero-order valence-corrected chi connectivity index (χ0v) is 16.3. The molecule has 10 nitrogen and oxygen atoms in total. The van der Waals surface area contributed by atoms with Crippen LogP contribution in [0.15, 0.2) is 0 Å². The SMILES string of the molecule is CSCCC(NC(=O)C(CO)NC(=O)C(C)N)C(=O)NC(CS)C(=O)O. The summed E-state index contributed by atoms with van der Waals surface area (Å²) in [5.74, 6) is -2.95. The molecule has 0 aromatic heterocycles. The van der Waals surface area contributed by atoms with Crippen LogP contribution in [0.25, 0.3) is 0 Å². The fraction of sp³-hybridized carbons (Fsp3) is 0.714. The average molecular weight is 411 g/mol. The Balaban J connectivity index is 5.05. The van der Waals surface area contributed by atoms with Crippen molar-refractivity contribution in [2.75, 3.05) is 24.4 Å². The van der Waals surface area contributed by atoms with Gasteiger partial charge in [0.25, 0.3) is 0 Å². The third-order valence-corrected chi connectivity index (χ3v) is 4.28. The normalized spacial score (nSPS) is 15.3. The van der Waals surface area contributed by atoms with Crippen molar-refractivity contribution in [1.29, 1.82) is 0 Å². The molecule has 0 rings (SSSR count). The van der Waals surface area contributed by atoms with Crippen LogP contribution in [0.3, 0.4) is 0 Å². The molecule has 0 aromatic carbocycles. The maximum Gasteiger partial charge on any atom is 0.327 e. The number of amides is 3. The molecule has 4 atom stereocenters. The predicted molar refractivity (Wildman–Crippen MR) is 101 cm³/mol. The average Bonchev–Trinajstić information content (AvgIpc) is 2.59. The summed E-state index contributed by atoms with van der Waals surface area (Å²) in [5.41, 5.74) is 5.40. The number of rotatable bonds is 12. The number of nitrogens with one attached hydrogen (secondary N) is 3. The van der Waals surface area contributed by atoms with Gasteiger partial charge in [-0.2, -0.15) is 24.4 Å². The predicted octanol–water partition coefficient (Wildman–Crippen LogP) is -2.45. The van der Waals surface area contributed by atoms with Gasteiger partial charge in [0.1, 0.15) is 18.1 Å². The number of carboxylic acid groups (broad SMARTS) is 1. The Hall–Kier alpha value is -1.50. The van der Waals surface area contributed by atoms with E-state index in [0.717, 1.165) is 0 Å². The maximum absolute atomic E-state index is 12.3. The molecule has 0 aliphatic heterocycles. The quantitative estimate of drug-likeness (QED) is 0.174. The lowest BCUT2D eigenvalue weighted by molar-refractivity contribution is -0.141. The number of thioether (sulfide) groups is 1. The van der Waals surface area contributed by atoms with E-state index in [2.05, 4.69) is 28.6 Å². The van der Waals surface area contributed by atoms with Gasteiger partial charge in [0, 0.05) is 5.75 Å². The van der Waals surface area contributed by atoms with Gasteiger partial charge in [-0.05, 0) is 25.4 Å². The number of carbonyl (C=O) groups excluding carboxylic acids is 3. The molecule has 0 heterocycles. The molecular formula is C14H26N4O6S2. The zero-order valence-electron chi connectivity index (χ0n) is 14.6. The molecule has 26 heavy (non-hydrogen) atoms. The third-order valence-electron chi connectivity index (χ3n) is 3.27. The van der Waals surface area contributed by atoms with Gasteiger partial charge in [0.15, 0.2) is 0 Å². The Morgan fingerprint density at radius 3 is 1.96 bits per heavy atom. The zero-order chi connectivity index (χ0) is 20.3. The smallest absolute Gasteiger partial charge is 0.327 e. The molecule has 0 aliphatic carbocycles. The van der Waals surface area contributed by atoms with Crippen LogP contribution >= 0.6 is 24.4 Å². The second kappa shape index (κ2) is 12.8.